The van der Waals surface area contributed by atoms with E-state index in [1.54, 1.807) is 0 Å². The van der Waals surface area contributed by atoms with Crippen molar-refractivity contribution in [1.82, 2.24) is 15.1 Å². The van der Waals surface area contributed by atoms with Crippen LogP contribution in [0.4, 0.5) is 13.2 Å². The largest absolute Gasteiger partial charge is 0.401 e. The van der Waals surface area contributed by atoms with E-state index in [-0.39, 0.29) is 0 Å². The van der Waals surface area contributed by atoms with E-state index in [0.29, 0.717) is 25.2 Å². The summed E-state index contributed by atoms with van der Waals surface area (Å²) in [5, 5.41) is 3.55. The van der Waals surface area contributed by atoms with Crippen LogP contribution in [0.1, 0.15) is 33.6 Å². The monoisotopic (exact) mass is 295 g/mol. The summed E-state index contributed by atoms with van der Waals surface area (Å²) in [7, 11) is 0. The minimum Gasteiger partial charge on any atom is -0.310 e. The predicted molar refractivity (Wildman–Crippen MR) is 75.9 cm³/mol. The van der Waals surface area contributed by atoms with Gasteiger partial charge in [0.1, 0.15) is 0 Å². The van der Waals surface area contributed by atoms with Gasteiger partial charge in [0.25, 0.3) is 0 Å². The zero-order chi connectivity index (χ0) is 15.2. The molecule has 0 spiro atoms. The maximum Gasteiger partial charge on any atom is 0.401 e. The number of alkyl halides is 3. The Labute approximate surface area is 120 Å². The second kappa shape index (κ2) is 8.20. The molecule has 1 fully saturated rings. The lowest BCUT2D eigenvalue weighted by Gasteiger charge is -2.35. The van der Waals surface area contributed by atoms with Gasteiger partial charge in [-0.25, -0.2) is 0 Å². The zero-order valence-corrected chi connectivity index (χ0v) is 12.8. The van der Waals surface area contributed by atoms with E-state index in [4.69, 9.17) is 0 Å². The van der Waals surface area contributed by atoms with Gasteiger partial charge in [0, 0.05) is 18.6 Å². The van der Waals surface area contributed by atoms with E-state index < -0.39 is 12.7 Å². The third kappa shape index (κ3) is 6.90. The minimum absolute atomic E-state index is 0.352. The molecule has 3 nitrogen and oxygen atoms in total. The smallest absolute Gasteiger partial charge is 0.310 e. The number of nitrogens with one attached hydrogen (secondary N) is 1. The van der Waals surface area contributed by atoms with Gasteiger partial charge in [0.15, 0.2) is 0 Å². The molecule has 1 atom stereocenters. The Balaban J connectivity index is 2.25. The van der Waals surface area contributed by atoms with Crippen LogP contribution in [0.5, 0.6) is 0 Å². The summed E-state index contributed by atoms with van der Waals surface area (Å²) in [6, 6.07) is 0.735. The van der Waals surface area contributed by atoms with E-state index in [9.17, 15) is 13.2 Å². The van der Waals surface area contributed by atoms with Crippen molar-refractivity contribution in [3.05, 3.63) is 0 Å². The fourth-order valence-electron chi connectivity index (χ4n) is 2.84. The summed E-state index contributed by atoms with van der Waals surface area (Å²) < 4.78 is 36.9. The number of likely N-dealkylation sites (N-methyl/N-ethyl adjacent to an activating group) is 1. The maximum atomic E-state index is 12.3. The second-order valence-corrected chi connectivity index (χ2v) is 5.72. The molecule has 20 heavy (non-hydrogen) atoms. The molecular formula is C14H28F3N3. The van der Waals surface area contributed by atoms with E-state index in [1.807, 2.05) is 0 Å². The molecule has 120 valence electrons. The quantitative estimate of drug-likeness (QED) is 0.778. The highest BCUT2D eigenvalue weighted by molar-refractivity contribution is 4.81. The first-order valence-electron chi connectivity index (χ1n) is 7.61. The van der Waals surface area contributed by atoms with Crippen LogP contribution >= 0.6 is 0 Å². The highest BCUT2D eigenvalue weighted by atomic mass is 19.4. The third-order valence-corrected chi connectivity index (χ3v) is 3.94. The topological polar surface area (TPSA) is 18.5 Å². The zero-order valence-electron chi connectivity index (χ0n) is 12.8. The lowest BCUT2D eigenvalue weighted by atomic mass is 10.0. The molecule has 0 bridgehead atoms. The lowest BCUT2D eigenvalue weighted by Crippen LogP contribution is -2.49. The van der Waals surface area contributed by atoms with E-state index in [2.05, 4.69) is 31.0 Å². The van der Waals surface area contributed by atoms with Gasteiger partial charge in [-0.3, -0.25) is 4.90 Å². The van der Waals surface area contributed by atoms with Gasteiger partial charge in [0.2, 0.25) is 0 Å². The summed E-state index contributed by atoms with van der Waals surface area (Å²) in [5.41, 5.74) is 0. The van der Waals surface area contributed by atoms with Crippen molar-refractivity contribution in [2.75, 3.05) is 39.3 Å². The number of rotatable bonds is 7. The average molecular weight is 295 g/mol. The third-order valence-electron chi connectivity index (χ3n) is 3.94. The van der Waals surface area contributed by atoms with Crippen LogP contribution in [0.25, 0.3) is 0 Å². The van der Waals surface area contributed by atoms with Gasteiger partial charge in [-0.1, -0.05) is 13.8 Å². The van der Waals surface area contributed by atoms with Gasteiger partial charge in [-0.15, -0.1) is 0 Å². The van der Waals surface area contributed by atoms with E-state index in [0.717, 1.165) is 32.5 Å². The number of nitrogens with zero attached hydrogens (tertiary/aromatic N) is 2. The first-order chi connectivity index (χ1) is 9.34. The van der Waals surface area contributed by atoms with Gasteiger partial charge in [0.05, 0.1) is 6.54 Å². The van der Waals surface area contributed by atoms with Crippen molar-refractivity contribution in [3.8, 4) is 0 Å². The molecule has 0 saturated carbocycles. The van der Waals surface area contributed by atoms with Crippen LogP contribution in [0.3, 0.4) is 0 Å². The van der Waals surface area contributed by atoms with Crippen LogP contribution in [0.15, 0.2) is 0 Å². The molecule has 1 N–H and O–H groups in total. The molecule has 1 heterocycles. The molecule has 1 saturated heterocycles. The molecular weight excluding hydrogens is 267 g/mol. The Morgan fingerprint density at radius 3 is 2.20 bits per heavy atom. The molecule has 1 aliphatic heterocycles. The summed E-state index contributed by atoms with van der Waals surface area (Å²) >= 11 is 0. The van der Waals surface area contributed by atoms with Crippen LogP contribution in [0, 0.1) is 0 Å². The molecule has 0 amide bonds. The molecule has 0 aromatic carbocycles. The fourth-order valence-corrected chi connectivity index (χ4v) is 2.84. The SMILES string of the molecule is CCN(CC)CC(C)NC1CCN(CC(F)(F)F)CC1. The van der Waals surface area contributed by atoms with Crippen molar-refractivity contribution < 1.29 is 13.2 Å². The standard InChI is InChI=1S/C14H28F3N3/c1-4-19(5-2)10-12(3)18-13-6-8-20(9-7-13)11-14(15,16)17/h12-13,18H,4-11H2,1-3H3. The van der Waals surface area contributed by atoms with Gasteiger partial charge < -0.3 is 10.2 Å². The highest BCUT2D eigenvalue weighted by Gasteiger charge is 2.32. The summed E-state index contributed by atoms with van der Waals surface area (Å²) in [5.74, 6) is 0. The summed E-state index contributed by atoms with van der Waals surface area (Å²) in [6.45, 7) is 9.81. The van der Waals surface area contributed by atoms with Crippen LogP contribution in [0.2, 0.25) is 0 Å². The minimum atomic E-state index is -4.07. The van der Waals surface area contributed by atoms with Crippen LogP contribution in [-0.4, -0.2) is 67.3 Å². The predicted octanol–water partition coefficient (Wildman–Crippen LogP) is 2.33. The molecule has 6 heteroatoms. The molecule has 0 aromatic rings. The first kappa shape index (κ1) is 17.7. The van der Waals surface area contributed by atoms with Crippen LogP contribution in [-0.2, 0) is 0 Å². The van der Waals surface area contributed by atoms with Crippen molar-refractivity contribution >= 4 is 0 Å². The Morgan fingerprint density at radius 2 is 1.75 bits per heavy atom. The summed E-state index contributed by atoms with van der Waals surface area (Å²) in [6.07, 6.45) is -2.46. The van der Waals surface area contributed by atoms with Gasteiger partial charge in [-0.2, -0.15) is 13.2 Å². The number of hydrogen-bond acceptors (Lipinski definition) is 3. The molecule has 1 rings (SSSR count). The number of likely N-dealkylation sites (tertiary alicyclic amines) is 1. The van der Waals surface area contributed by atoms with E-state index >= 15 is 0 Å². The Morgan fingerprint density at radius 1 is 1.20 bits per heavy atom. The molecule has 0 aromatic heterocycles. The van der Waals surface area contributed by atoms with Crippen LogP contribution < -0.4 is 5.32 Å². The number of hydrogen-bond donors (Lipinski definition) is 1. The van der Waals surface area contributed by atoms with Crippen molar-refractivity contribution in [2.24, 2.45) is 0 Å². The van der Waals surface area contributed by atoms with E-state index in [1.165, 1.54) is 4.90 Å². The number of piperidine rings is 1. The molecule has 0 radical (unpaired) electrons. The Bertz CT molecular complexity index is 259. The normalized spacial score (nSPS) is 20.6. The average Bonchev–Trinajstić information content (AvgIpc) is 2.36. The first-order valence-corrected chi connectivity index (χ1v) is 7.61. The summed E-state index contributed by atoms with van der Waals surface area (Å²) in [4.78, 5) is 3.86. The maximum absolute atomic E-state index is 12.3. The molecule has 0 aliphatic carbocycles. The van der Waals surface area contributed by atoms with Crippen molar-refractivity contribution in [3.63, 3.8) is 0 Å². The Kier molecular flexibility index (Phi) is 7.26. The molecule has 1 aliphatic rings. The Hall–Kier alpha value is -0.330. The lowest BCUT2D eigenvalue weighted by molar-refractivity contribution is -0.148. The number of halogens is 3. The van der Waals surface area contributed by atoms with Gasteiger partial charge >= 0.3 is 6.18 Å². The second-order valence-electron chi connectivity index (χ2n) is 5.72. The molecule has 1 unspecified atom stereocenters. The van der Waals surface area contributed by atoms with Gasteiger partial charge in [-0.05, 0) is 45.9 Å². The highest BCUT2D eigenvalue weighted by Crippen LogP contribution is 2.19. The van der Waals surface area contributed by atoms with Crippen molar-refractivity contribution in [2.45, 2.75) is 51.9 Å². The fraction of sp³-hybridized carbons (Fsp3) is 1.00. The van der Waals surface area contributed by atoms with Crippen molar-refractivity contribution in [1.29, 1.82) is 0 Å².